The van der Waals surface area contributed by atoms with Crippen molar-refractivity contribution in [2.45, 2.75) is 44.9 Å². The lowest BCUT2D eigenvalue weighted by molar-refractivity contribution is -0.121. The maximum Gasteiger partial charge on any atom is 0.343 e. The van der Waals surface area contributed by atoms with Crippen molar-refractivity contribution in [2.75, 3.05) is 0 Å². The Morgan fingerprint density at radius 2 is 0.851 bits per heavy atom. The van der Waals surface area contributed by atoms with E-state index in [-0.39, 0.29) is 11.8 Å². The summed E-state index contributed by atoms with van der Waals surface area (Å²) < 4.78 is 10.7. The van der Waals surface area contributed by atoms with Crippen LogP contribution in [-0.4, -0.2) is 36.2 Å². The molecule has 0 aliphatic carbocycles. The third-order valence-electron chi connectivity index (χ3n) is 6.81. The van der Waals surface area contributed by atoms with Crippen LogP contribution in [0.3, 0.4) is 0 Å². The van der Waals surface area contributed by atoms with Gasteiger partial charge in [0.25, 0.3) is 0 Å². The summed E-state index contributed by atoms with van der Waals surface area (Å²) in [4.78, 5) is 48.4. The molecule has 0 aliphatic rings. The molecule has 47 heavy (non-hydrogen) atoms. The molecule has 240 valence electrons. The number of amides is 2. The number of rotatable bonds is 16. The molecule has 10 nitrogen and oxygen atoms in total. The molecule has 0 saturated carbocycles. The van der Waals surface area contributed by atoms with E-state index in [1.54, 1.807) is 97.1 Å². The van der Waals surface area contributed by atoms with Gasteiger partial charge in [0, 0.05) is 12.8 Å². The van der Waals surface area contributed by atoms with Gasteiger partial charge in [-0.2, -0.15) is 10.2 Å². The largest absolute Gasteiger partial charge is 0.423 e. The fourth-order valence-corrected chi connectivity index (χ4v) is 4.30. The van der Waals surface area contributed by atoms with Crippen molar-refractivity contribution in [1.29, 1.82) is 0 Å². The van der Waals surface area contributed by atoms with Crippen LogP contribution in [0.4, 0.5) is 0 Å². The summed E-state index contributed by atoms with van der Waals surface area (Å²) in [5.74, 6) is -0.378. The summed E-state index contributed by atoms with van der Waals surface area (Å²) in [6, 6.07) is 31.1. The van der Waals surface area contributed by atoms with E-state index in [1.807, 2.05) is 12.1 Å². The molecule has 0 radical (unpaired) electrons. The Labute approximate surface area is 273 Å². The number of hydrogen-bond donors (Lipinski definition) is 2. The van der Waals surface area contributed by atoms with Crippen LogP contribution in [0.1, 0.15) is 76.8 Å². The number of unbranched alkanes of at least 4 members (excludes halogenated alkanes) is 4. The molecule has 0 aromatic heterocycles. The van der Waals surface area contributed by atoms with E-state index in [4.69, 9.17) is 9.47 Å². The van der Waals surface area contributed by atoms with Gasteiger partial charge in [0.2, 0.25) is 11.8 Å². The van der Waals surface area contributed by atoms with Gasteiger partial charge in [-0.05, 0) is 96.8 Å². The Kier molecular flexibility index (Phi) is 13.6. The smallest absolute Gasteiger partial charge is 0.343 e. The molecule has 2 N–H and O–H groups in total. The van der Waals surface area contributed by atoms with Gasteiger partial charge in [0.15, 0.2) is 0 Å². The number of nitrogens with one attached hydrogen (secondary N) is 2. The Morgan fingerprint density at radius 1 is 0.489 bits per heavy atom. The third-order valence-corrected chi connectivity index (χ3v) is 6.81. The molecule has 10 heteroatoms. The molecule has 0 heterocycles. The molecule has 0 atom stereocenters. The lowest BCUT2D eigenvalue weighted by atomic mass is 10.1. The average Bonchev–Trinajstić information content (AvgIpc) is 3.10. The minimum atomic E-state index is -0.433. The number of hydrogen-bond acceptors (Lipinski definition) is 8. The SMILES string of the molecule is O=C(CCCCCCCC(=O)NN=Cc1ccc(OC(=O)c2ccccc2)cc1)NN=Cc1ccc(OC(=O)c2ccccc2)cc1. The van der Waals surface area contributed by atoms with Gasteiger partial charge in [-0.25, -0.2) is 20.4 Å². The topological polar surface area (TPSA) is 136 Å². The molecular weight excluding hydrogens is 596 g/mol. The van der Waals surface area contributed by atoms with Crippen molar-refractivity contribution >= 4 is 36.2 Å². The van der Waals surface area contributed by atoms with Crippen LogP contribution < -0.4 is 20.3 Å². The number of carbonyl (C=O) groups excluding carboxylic acids is 4. The van der Waals surface area contributed by atoms with E-state index in [0.29, 0.717) is 35.5 Å². The van der Waals surface area contributed by atoms with Gasteiger partial charge in [-0.1, -0.05) is 55.7 Å². The highest BCUT2D eigenvalue weighted by atomic mass is 16.5. The van der Waals surface area contributed by atoms with Crippen LogP contribution in [0.5, 0.6) is 11.5 Å². The fourth-order valence-electron chi connectivity index (χ4n) is 4.30. The first-order valence-electron chi connectivity index (χ1n) is 15.3. The second kappa shape index (κ2) is 18.8. The van der Waals surface area contributed by atoms with Gasteiger partial charge >= 0.3 is 11.9 Å². The predicted molar refractivity (Wildman–Crippen MR) is 179 cm³/mol. The Balaban J connectivity index is 1.01. The standard InChI is InChI=1S/C37H36N4O6/c42-34(40-38-26-28-18-22-32(23-19-28)46-36(44)30-12-6-4-7-13-30)16-10-2-1-3-11-17-35(43)41-39-27-29-20-24-33(25-21-29)47-37(45)31-14-8-5-9-15-31/h4-9,12-15,18-27H,1-3,10-11,16-17H2,(H,40,42)(H,41,43). The summed E-state index contributed by atoms with van der Waals surface area (Å²) >= 11 is 0. The highest BCUT2D eigenvalue weighted by molar-refractivity contribution is 5.92. The number of hydrazone groups is 2. The van der Waals surface area contributed by atoms with Crippen molar-refractivity contribution in [3.63, 3.8) is 0 Å². The number of nitrogens with zero attached hydrogens (tertiary/aromatic N) is 2. The van der Waals surface area contributed by atoms with Crippen molar-refractivity contribution in [3.8, 4) is 11.5 Å². The first kappa shape index (κ1) is 34.0. The predicted octanol–water partition coefficient (Wildman–Crippen LogP) is 6.46. The van der Waals surface area contributed by atoms with Crippen LogP contribution in [0.25, 0.3) is 0 Å². The molecule has 0 fully saturated rings. The van der Waals surface area contributed by atoms with Gasteiger partial charge < -0.3 is 9.47 Å². The molecule has 0 bridgehead atoms. The van der Waals surface area contributed by atoms with E-state index in [2.05, 4.69) is 21.1 Å². The van der Waals surface area contributed by atoms with Gasteiger partial charge in [0.05, 0.1) is 23.6 Å². The van der Waals surface area contributed by atoms with Crippen LogP contribution in [0, 0.1) is 0 Å². The highest BCUT2D eigenvalue weighted by Crippen LogP contribution is 2.15. The molecule has 0 aliphatic heterocycles. The minimum Gasteiger partial charge on any atom is -0.423 e. The van der Waals surface area contributed by atoms with Crippen molar-refractivity contribution < 1.29 is 28.7 Å². The Hall–Kier alpha value is -5.90. The number of carbonyl (C=O) groups is 4. The van der Waals surface area contributed by atoms with Crippen molar-refractivity contribution in [1.82, 2.24) is 10.9 Å². The molecule has 0 saturated heterocycles. The van der Waals surface area contributed by atoms with E-state index in [0.717, 1.165) is 43.2 Å². The quantitative estimate of drug-likeness (QED) is 0.0479. The third kappa shape index (κ3) is 12.6. The number of ether oxygens (including phenoxy) is 2. The summed E-state index contributed by atoms with van der Waals surface area (Å²) in [5.41, 5.74) is 7.48. The van der Waals surface area contributed by atoms with Crippen LogP contribution >= 0.6 is 0 Å². The van der Waals surface area contributed by atoms with Crippen molar-refractivity contribution in [2.24, 2.45) is 10.2 Å². The first-order chi connectivity index (χ1) is 23.0. The zero-order chi connectivity index (χ0) is 33.1. The minimum absolute atomic E-state index is 0.172. The fraction of sp³-hybridized carbons (Fsp3) is 0.189. The normalized spacial score (nSPS) is 10.9. The average molecular weight is 633 g/mol. The van der Waals surface area contributed by atoms with E-state index in [1.165, 1.54) is 12.4 Å². The van der Waals surface area contributed by atoms with Crippen LogP contribution in [-0.2, 0) is 9.59 Å². The molecule has 4 aromatic carbocycles. The molecular formula is C37H36N4O6. The zero-order valence-corrected chi connectivity index (χ0v) is 25.8. The molecule has 4 rings (SSSR count). The molecule has 0 unspecified atom stereocenters. The second-order valence-corrected chi connectivity index (χ2v) is 10.5. The van der Waals surface area contributed by atoms with E-state index in [9.17, 15) is 19.2 Å². The van der Waals surface area contributed by atoms with E-state index >= 15 is 0 Å². The van der Waals surface area contributed by atoms with Gasteiger partial charge in [-0.15, -0.1) is 0 Å². The summed E-state index contributed by atoms with van der Waals surface area (Å²) in [5, 5.41) is 7.98. The van der Waals surface area contributed by atoms with Crippen molar-refractivity contribution in [3.05, 3.63) is 131 Å². The lowest BCUT2D eigenvalue weighted by Gasteiger charge is -2.04. The maximum atomic E-state index is 12.1. The Bertz CT molecular complexity index is 1530. The summed E-state index contributed by atoms with van der Waals surface area (Å²) in [6.45, 7) is 0. The lowest BCUT2D eigenvalue weighted by Crippen LogP contribution is -2.17. The zero-order valence-electron chi connectivity index (χ0n) is 25.8. The van der Waals surface area contributed by atoms with E-state index < -0.39 is 11.9 Å². The molecule has 2 amide bonds. The number of benzene rings is 4. The second-order valence-electron chi connectivity index (χ2n) is 10.5. The van der Waals surface area contributed by atoms with Crippen LogP contribution in [0.15, 0.2) is 119 Å². The first-order valence-corrected chi connectivity index (χ1v) is 15.3. The van der Waals surface area contributed by atoms with Crippen LogP contribution in [0.2, 0.25) is 0 Å². The maximum absolute atomic E-state index is 12.1. The summed E-state index contributed by atoms with van der Waals surface area (Å²) in [7, 11) is 0. The molecule has 4 aromatic rings. The van der Waals surface area contributed by atoms with Gasteiger partial charge in [0.1, 0.15) is 11.5 Å². The summed E-state index contributed by atoms with van der Waals surface area (Å²) in [6.07, 6.45) is 7.88. The number of esters is 2. The Morgan fingerprint density at radius 3 is 1.23 bits per heavy atom. The highest BCUT2D eigenvalue weighted by Gasteiger charge is 2.09. The van der Waals surface area contributed by atoms with Gasteiger partial charge in [-0.3, -0.25) is 9.59 Å². The monoisotopic (exact) mass is 632 g/mol. The molecule has 0 spiro atoms.